The lowest BCUT2D eigenvalue weighted by Gasteiger charge is -2.13. The van der Waals surface area contributed by atoms with Gasteiger partial charge in [0.25, 0.3) is 11.5 Å². The molecule has 0 fully saturated rings. The number of carbonyl (C=O) groups excluding carboxylic acids is 2. The van der Waals surface area contributed by atoms with Gasteiger partial charge in [-0.1, -0.05) is 55.9 Å². The summed E-state index contributed by atoms with van der Waals surface area (Å²) in [5.41, 5.74) is 1.44. The largest absolute Gasteiger partial charge is 0.350 e. The first-order valence-corrected chi connectivity index (χ1v) is 12.4. The molecule has 2 heterocycles. The normalized spacial score (nSPS) is 12.2. The molecule has 2 aromatic carbocycles. The lowest BCUT2D eigenvalue weighted by atomic mass is 10.1. The zero-order valence-electron chi connectivity index (χ0n) is 19.4. The van der Waals surface area contributed by atoms with Crippen molar-refractivity contribution in [2.45, 2.75) is 51.4 Å². The number of fused-ring (bicyclic) bond motifs is 3. The number of Topliss-reactive ketones (excluding diaryl/α,β-unsaturated/α-hetero) is 1. The molecule has 4 aromatic rings. The lowest BCUT2D eigenvalue weighted by Crippen LogP contribution is -2.32. The molecule has 4 rings (SSSR count). The van der Waals surface area contributed by atoms with Gasteiger partial charge in [0, 0.05) is 23.7 Å². The number of benzene rings is 2. The van der Waals surface area contributed by atoms with Crippen LogP contribution in [0.4, 0.5) is 0 Å². The zero-order chi connectivity index (χ0) is 24.2. The SMILES string of the molecule is CCCn1c(=O)c2ccc(C(=O)NC(C)CC)cc2n2c(SCC(=O)c3ccccc3)nnc12. The molecule has 8 nitrogen and oxygen atoms in total. The van der Waals surface area contributed by atoms with E-state index < -0.39 is 0 Å². The Bertz CT molecular complexity index is 1410. The summed E-state index contributed by atoms with van der Waals surface area (Å²) in [4.78, 5) is 38.6. The number of carbonyl (C=O) groups is 2. The summed E-state index contributed by atoms with van der Waals surface area (Å²) >= 11 is 1.26. The van der Waals surface area contributed by atoms with Crippen molar-refractivity contribution in [1.82, 2.24) is 24.5 Å². The van der Waals surface area contributed by atoms with Crippen molar-refractivity contribution < 1.29 is 9.59 Å². The number of thioether (sulfide) groups is 1. The zero-order valence-corrected chi connectivity index (χ0v) is 20.3. The van der Waals surface area contributed by atoms with Gasteiger partial charge in [-0.15, -0.1) is 10.2 Å². The molecular weight excluding hydrogens is 450 g/mol. The highest BCUT2D eigenvalue weighted by molar-refractivity contribution is 7.99. The van der Waals surface area contributed by atoms with Crippen LogP contribution in [0.1, 0.15) is 54.3 Å². The Morgan fingerprint density at radius 2 is 1.82 bits per heavy atom. The van der Waals surface area contributed by atoms with Crippen molar-refractivity contribution in [3.05, 3.63) is 70.0 Å². The van der Waals surface area contributed by atoms with Gasteiger partial charge in [0.2, 0.25) is 5.78 Å². The predicted molar refractivity (Wildman–Crippen MR) is 134 cm³/mol. The van der Waals surface area contributed by atoms with Crippen molar-refractivity contribution in [2.75, 3.05) is 5.75 Å². The summed E-state index contributed by atoms with van der Waals surface area (Å²) in [7, 11) is 0. The summed E-state index contributed by atoms with van der Waals surface area (Å²) < 4.78 is 3.37. The van der Waals surface area contributed by atoms with E-state index >= 15 is 0 Å². The first-order valence-electron chi connectivity index (χ1n) is 11.4. The summed E-state index contributed by atoms with van der Waals surface area (Å²) in [5, 5.41) is 12.5. The van der Waals surface area contributed by atoms with Crippen LogP contribution in [0.5, 0.6) is 0 Å². The highest BCUT2D eigenvalue weighted by atomic mass is 32.2. The summed E-state index contributed by atoms with van der Waals surface area (Å²) in [6.45, 7) is 6.42. The number of nitrogens with one attached hydrogen (secondary N) is 1. The van der Waals surface area contributed by atoms with Crippen LogP contribution in [0.25, 0.3) is 16.7 Å². The van der Waals surface area contributed by atoms with Gasteiger partial charge in [0.1, 0.15) is 0 Å². The first kappa shape index (κ1) is 23.7. The van der Waals surface area contributed by atoms with E-state index in [1.54, 1.807) is 39.3 Å². The molecule has 1 atom stereocenters. The second-order valence-electron chi connectivity index (χ2n) is 8.17. The molecule has 0 aliphatic rings. The van der Waals surface area contributed by atoms with Gasteiger partial charge in [0.05, 0.1) is 16.7 Å². The second kappa shape index (κ2) is 10.2. The maximum absolute atomic E-state index is 13.2. The maximum atomic E-state index is 13.2. The van der Waals surface area contributed by atoms with Crippen LogP contribution in [0, 0.1) is 0 Å². The van der Waals surface area contributed by atoms with Crippen molar-refractivity contribution in [3.63, 3.8) is 0 Å². The van der Waals surface area contributed by atoms with Crippen molar-refractivity contribution >= 4 is 40.1 Å². The third kappa shape index (κ3) is 4.61. The topological polar surface area (TPSA) is 98.4 Å². The molecule has 0 bridgehead atoms. The van der Waals surface area contributed by atoms with Gasteiger partial charge in [0.15, 0.2) is 10.9 Å². The van der Waals surface area contributed by atoms with E-state index in [1.807, 2.05) is 39.0 Å². The summed E-state index contributed by atoms with van der Waals surface area (Å²) in [6.07, 6.45) is 1.56. The second-order valence-corrected chi connectivity index (χ2v) is 9.11. The Kier molecular flexibility index (Phi) is 7.12. The van der Waals surface area contributed by atoms with E-state index in [1.165, 1.54) is 11.8 Å². The fourth-order valence-corrected chi connectivity index (χ4v) is 4.52. The minimum absolute atomic E-state index is 0.0258. The molecule has 1 unspecified atom stereocenters. The van der Waals surface area contributed by atoms with Crippen LogP contribution in [-0.2, 0) is 6.54 Å². The van der Waals surface area contributed by atoms with E-state index in [4.69, 9.17) is 0 Å². The maximum Gasteiger partial charge on any atom is 0.262 e. The van der Waals surface area contributed by atoms with Crippen LogP contribution in [0.2, 0.25) is 0 Å². The molecular formula is C25H27N5O3S. The summed E-state index contributed by atoms with van der Waals surface area (Å²) in [6, 6.07) is 14.2. The minimum atomic E-state index is -0.205. The van der Waals surface area contributed by atoms with Crippen molar-refractivity contribution in [3.8, 4) is 0 Å². The number of ketones is 1. The molecule has 0 saturated heterocycles. The van der Waals surface area contributed by atoms with Gasteiger partial charge in [-0.05, 0) is 38.0 Å². The number of amides is 1. The standard InChI is InChI=1S/C25H27N5O3S/c1-4-13-29-23(33)19-12-11-18(22(32)26-16(3)5-2)14-20(19)30-24(29)27-28-25(30)34-15-21(31)17-9-7-6-8-10-17/h6-12,14,16H,4-5,13,15H2,1-3H3,(H,26,32). The van der Waals surface area contributed by atoms with E-state index in [-0.39, 0.29) is 29.0 Å². The molecule has 2 aromatic heterocycles. The van der Waals surface area contributed by atoms with Crippen molar-refractivity contribution in [2.24, 2.45) is 0 Å². The summed E-state index contributed by atoms with van der Waals surface area (Å²) in [5.74, 6) is 0.340. The van der Waals surface area contributed by atoms with E-state index in [9.17, 15) is 14.4 Å². The van der Waals surface area contributed by atoms with Crippen LogP contribution in [-0.4, -0.2) is 42.7 Å². The van der Waals surface area contributed by atoms with Crippen LogP contribution in [0.3, 0.4) is 0 Å². The minimum Gasteiger partial charge on any atom is -0.350 e. The number of rotatable bonds is 9. The molecule has 1 amide bonds. The predicted octanol–water partition coefficient (Wildman–Crippen LogP) is 3.96. The van der Waals surface area contributed by atoms with E-state index in [2.05, 4.69) is 15.5 Å². The van der Waals surface area contributed by atoms with Gasteiger partial charge >= 0.3 is 0 Å². The van der Waals surface area contributed by atoms with E-state index in [0.717, 1.165) is 12.8 Å². The smallest absolute Gasteiger partial charge is 0.262 e. The molecule has 0 spiro atoms. The molecule has 176 valence electrons. The molecule has 1 N–H and O–H groups in total. The van der Waals surface area contributed by atoms with Gasteiger partial charge in [-0.25, -0.2) is 0 Å². The van der Waals surface area contributed by atoms with Gasteiger partial charge < -0.3 is 5.32 Å². The Labute approximate surface area is 201 Å². The molecule has 0 aliphatic heterocycles. The third-order valence-electron chi connectivity index (χ3n) is 5.70. The fraction of sp³-hybridized carbons (Fsp3) is 0.320. The Morgan fingerprint density at radius 1 is 1.06 bits per heavy atom. The average Bonchev–Trinajstić information content (AvgIpc) is 3.29. The van der Waals surface area contributed by atoms with Crippen molar-refractivity contribution in [1.29, 1.82) is 0 Å². The lowest BCUT2D eigenvalue weighted by molar-refractivity contribution is 0.0938. The van der Waals surface area contributed by atoms with Crippen LogP contribution in [0.15, 0.2) is 58.5 Å². The highest BCUT2D eigenvalue weighted by Gasteiger charge is 2.19. The number of aromatic nitrogens is 4. The molecule has 9 heteroatoms. The quantitative estimate of drug-likeness (QED) is 0.289. The Balaban J connectivity index is 1.80. The highest BCUT2D eigenvalue weighted by Crippen LogP contribution is 2.23. The Hall–Kier alpha value is -3.46. The number of nitrogens with zero attached hydrogens (tertiary/aromatic N) is 4. The van der Waals surface area contributed by atoms with Crippen LogP contribution < -0.4 is 10.9 Å². The third-order valence-corrected chi connectivity index (χ3v) is 6.63. The number of hydrogen-bond donors (Lipinski definition) is 1. The molecule has 0 saturated carbocycles. The van der Waals surface area contributed by atoms with Crippen LogP contribution >= 0.6 is 11.8 Å². The number of hydrogen-bond acceptors (Lipinski definition) is 6. The molecule has 0 radical (unpaired) electrons. The van der Waals surface area contributed by atoms with Gasteiger partial charge in [-0.2, -0.15) is 0 Å². The molecule has 0 aliphatic carbocycles. The van der Waals surface area contributed by atoms with Gasteiger partial charge in [-0.3, -0.25) is 23.4 Å². The molecule has 34 heavy (non-hydrogen) atoms. The fourth-order valence-electron chi connectivity index (χ4n) is 3.69. The average molecular weight is 478 g/mol. The van der Waals surface area contributed by atoms with E-state index in [0.29, 0.717) is 39.5 Å². The Morgan fingerprint density at radius 3 is 2.53 bits per heavy atom. The number of aryl methyl sites for hydroxylation is 1. The first-order chi connectivity index (χ1) is 16.4. The monoisotopic (exact) mass is 477 g/mol.